The van der Waals surface area contributed by atoms with Crippen molar-refractivity contribution < 1.29 is 17.9 Å². The van der Waals surface area contributed by atoms with Gasteiger partial charge in [-0.3, -0.25) is 14.0 Å². The molecule has 8 nitrogen and oxygen atoms in total. The summed E-state index contributed by atoms with van der Waals surface area (Å²) < 4.78 is 34.7. The van der Waals surface area contributed by atoms with E-state index >= 15 is 0 Å². The summed E-state index contributed by atoms with van der Waals surface area (Å²) in [6.07, 6.45) is 0. The molecule has 0 aliphatic heterocycles. The Bertz CT molecular complexity index is 1490. The van der Waals surface area contributed by atoms with Crippen LogP contribution in [0, 0.1) is 0 Å². The number of thiazole rings is 1. The number of fused-ring (bicyclic) bond motifs is 1. The van der Waals surface area contributed by atoms with Crippen molar-refractivity contribution in [3.63, 3.8) is 0 Å². The predicted octanol–water partition coefficient (Wildman–Crippen LogP) is 5.12. The summed E-state index contributed by atoms with van der Waals surface area (Å²) >= 11 is 1.42. The first-order valence-electron chi connectivity index (χ1n) is 12.4. The van der Waals surface area contributed by atoms with Crippen molar-refractivity contribution in [3.05, 3.63) is 78.4 Å². The number of sulfonamides is 1. The lowest BCUT2D eigenvalue weighted by Gasteiger charge is -2.24. The Morgan fingerprint density at radius 1 is 0.921 bits per heavy atom. The molecule has 0 unspecified atom stereocenters. The number of ether oxygens (including phenoxy) is 1. The van der Waals surface area contributed by atoms with Gasteiger partial charge in [0.15, 0.2) is 5.13 Å². The molecule has 0 N–H and O–H groups in total. The van der Waals surface area contributed by atoms with E-state index in [1.165, 1.54) is 27.8 Å². The second kappa shape index (κ2) is 11.9. The molecule has 1 amide bonds. The maximum atomic E-state index is 13.7. The molecule has 0 bridgehead atoms. The number of hydrogen-bond donors (Lipinski definition) is 0. The van der Waals surface area contributed by atoms with Crippen LogP contribution in [0.15, 0.2) is 77.7 Å². The standard InChI is InChI=1S/C28H32N4O4S2/c1-5-32(22-11-8-7-9-12-22)38(34,35)23-17-15-21(16-18-23)27(33)31(20-19-30(3)4)28-29-26-24(36-6-2)13-10-14-25(26)37-28/h7-18H,5-6,19-20H2,1-4H3. The predicted molar refractivity (Wildman–Crippen MR) is 154 cm³/mol. The van der Waals surface area contributed by atoms with Crippen molar-refractivity contribution in [1.29, 1.82) is 0 Å². The van der Waals surface area contributed by atoms with Crippen molar-refractivity contribution in [2.75, 3.05) is 49.5 Å². The molecular formula is C28H32N4O4S2. The summed E-state index contributed by atoms with van der Waals surface area (Å²) in [5.41, 5.74) is 1.70. The van der Waals surface area contributed by atoms with Crippen LogP contribution in [-0.2, 0) is 10.0 Å². The zero-order chi connectivity index (χ0) is 27.3. The van der Waals surface area contributed by atoms with Crippen LogP contribution in [0.5, 0.6) is 5.75 Å². The van der Waals surface area contributed by atoms with E-state index in [1.54, 1.807) is 48.2 Å². The van der Waals surface area contributed by atoms with Crippen molar-refractivity contribution >= 4 is 48.3 Å². The molecule has 200 valence electrons. The highest BCUT2D eigenvalue weighted by Crippen LogP contribution is 2.35. The van der Waals surface area contributed by atoms with Crippen LogP contribution in [0.4, 0.5) is 10.8 Å². The quantitative estimate of drug-likeness (QED) is 0.257. The fourth-order valence-corrected chi connectivity index (χ4v) is 6.50. The molecule has 0 saturated carbocycles. The van der Waals surface area contributed by atoms with Gasteiger partial charge in [-0.05, 0) is 76.5 Å². The summed E-state index contributed by atoms with van der Waals surface area (Å²) in [4.78, 5) is 22.2. The number of carbonyl (C=O) groups excluding carboxylic acids is 1. The van der Waals surface area contributed by atoms with Crippen LogP contribution in [0.1, 0.15) is 24.2 Å². The first kappa shape index (κ1) is 27.6. The number of hydrogen-bond acceptors (Lipinski definition) is 7. The zero-order valence-electron chi connectivity index (χ0n) is 22.0. The molecule has 0 atom stereocenters. The molecule has 0 radical (unpaired) electrons. The smallest absolute Gasteiger partial charge is 0.264 e. The number of likely N-dealkylation sites (N-methyl/N-ethyl adjacent to an activating group) is 1. The van der Waals surface area contributed by atoms with E-state index < -0.39 is 10.0 Å². The van der Waals surface area contributed by atoms with Crippen LogP contribution < -0.4 is 13.9 Å². The normalized spacial score (nSPS) is 11.6. The number of rotatable bonds is 11. The molecule has 0 saturated heterocycles. The molecule has 0 fully saturated rings. The molecule has 1 aromatic heterocycles. The minimum atomic E-state index is -3.79. The topological polar surface area (TPSA) is 83.0 Å². The molecule has 0 aliphatic rings. The highest BCUT2D eigenvalue weighted by Gasteiger charge is 2.26. The molecule has 4 aromatic rings. The minimum absolute atomic E-state index is 0.126. The third-order valence-corrected chi connectivity index (χ3v) is 8.90. The lowest BCUT2D eigenvalue weighted by atomic mass is 10.2. The Labute approximate surface area is 228 Å². The van der Waals surface area contributed by atoms with Gasteiger partial charge in [0, 0.05) is 25.2 Å². The van der Waals surface area contributed by atoms with Crippen LogP contribution in [0.2, 0.25) is 0 Å². The summed E-state index contributed by atoms with van der Waals surface area (Å²) in [6.45, 7) is 5.57. The fraction of sp³-hybridized carbons (Fsp3) is 0.286. The van der Waals surface area contributed by atoms with E-state index in [9.17, 15) is 13.2 Å². The van der Waals surface area contributed by atoms with E-state index in [4.69, 9.17) is 9.72 Å². The molecule has 0 spiro atoms. The second-order valence-electron chi connectivity index (χ2n) is 8.82. The number of amides is 1. The monoisotopic (exact) mass is 552 g/mol. The van der Waals surface area contributed by atoms with E-state index in [2.05, 4.69) is 0 Å². The Hall–Kier alpha value is -3.47. The highest BCUT2D eigenvalue weighted by atomic mass is 32.2. The summed E-state index contributed by atoms with van der Waals surface area (Å²) in [6, 6.07) is 20.8. The van der Waals surface area contributed by atoms with E-state index in [0.29, 0.717) is 41.8 Å². The SMILES string of the molecule is CCOc1cccc2sc(N(CCN(C)C)C(=O)c3ccc(S(=O)(=O)N(CC)c4ccccc4)cc3)nc12. The largest absolute Gasteiger partial charge is 0.492 e. The van der Waals surface area contributed by atoms with Gasteiger partial charge in [-0.15, -0.1) is 0 Å². The van der Waals surface area contributed by atoms with Gasteiger partial charge in [0.05, 0.1) is 21.9 Å². The second-order valence-corrected chi connectivity index (χ2v) is 11.7. The first-order valence-corrected chi connectivity index (χ1v) is 14.7. The molecular weight excluding hydrogens is 520 g/mol. The van der Waals surface area contributed by atoms with Crippen LogP contribution in [0.25, 0.3) is 10.2 Å². The van der Waals surface area contributed by atoms with Crippen LogP contribution in [-0.4, -0.2) is 64.5 Å². The minimum Gasteiger partial charge on any atom is -0.492 e. The Morgan fingerprint density at radius 2 is 1.63 bits per heavy atom. The third-order valence-electron chi connectivity index (χ3n) is 5.94. The summed E-state index contributed by atoms with van der Waals surface area (Å²) in [7, 11) is 0.0985. The summed E-state index contributed by atoms with van der Waals surface area (Å²) in [5, 5.41) is 0.567. The van der Waals surface area contributed by atoms with E-state index in [1.807, 2.05) is 50.2 Å². The Kier molecular flexibility index (Phi) is 8.65. The Balaban J connectivity index is 1.65. The molecule has 3 aromatic carbocycles. The third kappa shape index (κ3) is 5.82. The lowest BCUT2D eigenvalue weighted by molar-refractivity contribution is 0.0985. The molecule has 4 rings (SSSR count). The number of para-hydroxylation sites is 2. The van der Waals surface area contributed by atoms with Crippen molar-refractivity contribution in [2.45, 2.75) is 18.7 Å². The molecule has 10 heteroatoms. The average molecular weight is 553 g/mol. The highest BCUT2D eigenvalue weighted by molar-refractivity contribution is 7.92. The number of anilines is 2. The fourth-order valence-electron chi connectivity index (χ4n) is 4.02. The van der Waals surface area contributed by atoms with Gasteiger partial charge in [0.1, 0.15) is 11.3 Å². The maximum Gasteiger partial charge on any atom is 0.264 e. The van der Waals surface area contributed by atoms with Crippen molar-refractivity contribution in [2.24, 2.45) is 0 Å². The molecule has 1 heterocycles. The number of aromatic nitrogens is 1. The van der Waals surface area contributed by atoms with Crippen LogP contribution in [0.3, 0.4) is 0 Å². The van der Waals surface area contributed by atoms with E-state index in [0.717, 1.165) is 10.2 Å². The lowest BCUT2D eigenvalue weighted by Crippen LogP contribution is -2.36. The first-order chi connectivity index (χ1) is 18.3. The van der Waals surface area contributed by atoms with Crippen LogP contribution >= 0.6 is 11.3 Å². The van der Waals surface area contributed by atoms with E-state index in [-0.39, 0.29) is 17.3 Å². The van der Waals surface area contributed by atoms with Gasteiger partial charge in [-0.25, -0.2) is 13.4 Å². The molecule has 38 heavy (non-hydrogen) atoms. The van der Waals surface area contributed by atoms with Gasteiger partial charge in [0.25, 0.3) is 15.9 Å². The van der Waals surface area contributed by atoms with Gasteiger partial charge < -0.3 is 9.64 Å². The van der Waals surface area contributed by atoms with Crippen molar-refractivity contribution in [1.82, 2.24) is 9.88 Å². The van der Waals surface area contributed by atoms with Crippen molar-refractivity contribution in [3.8, 4) is 5.75 Å². The molecule has 0 aliphatic carbocycles. The average Bonchev–Trinajstić information content (AvgIpc) is 3.35. The zero-order valence-corrected chi connectivity index (χ0v) is 23.6. The number of carbonyl (C=O) groups is 1. The Morgan fingerprint density at radius 3 is 2.26 bits per heavy atom. The van der Waals surface area contributed by atoms with Gasteiger partial charge >= 0.3 is 0 Å². The van der Waals surface area contributed by atoms with Gasteiger partial charge in [-0.1, -0.05) is 35.6 Å². The maximum absolute atomic E-state index is 13.7. The van der Waals surface area contributed by atoms with Gasteiger partial charge in [-0.2, -0.15) is 0 Å². The summed E-state index contributed by atoms with van der Waals surface area (Å²) in [5.74, 6) is 0.434. The number of nitrogens with zero attached hydrogens (tertiary/aromatic N) is 4. The number of benzene rings is 3. The van der Waals surface area contributed by atoms with Gasteiger partial charge in [0.2, 0.25) is 0 Å².